The first-order valence-corrected chi connectivity index (χ1v) is 6.80. The van der Waals surface area contributed by atoms with Crippen LogP contribution in [0.25, 0.3) is 0 Å². The number of methoxy groups -OCH3 is 1. The lowest BCUT2D eigenvalue weighted by Crippen LogP contribution is -2.38. The Morgan fingerprint density at radius 1 is 1.53 bits per heavy atom. The molecule has 3 heteroatoms. The molecule has 0 aliphatic heterocycles. The average Bonchev–Trinajstić information content (AvgIpc) is 3.14. The fourth-order valence-electron chi connectivity index (χ4n) is 1.84. The molecule has 0 aromatic carbocycles. The van der Waals surface area contributed by atoms with E-state index in [0.29, 0.717) is 6.04 Å². The summed E-state index contributed by atoms with van der Waals surface area (Å²) >= 11 is 0. The van der Waals surface area contributed by atoms with E-state index in [9.17, 15) is 0 Å². The van der Waals surface area contributed by atoms with Crippen molar-refractivity contribution >= 4 is 0 Å². The Morgan fingerprint density at radius 2 is 2.24 bits per heavy atom. The van der Waals surface area contributed by atoms with Gasteiger partial charge in [-0.25, -0.2) is 0 Å². The maximum Gasteiger partial charge on any atom is 0.0589 e. The molecule has 0 radical (unpaired) electrons. The molecule has 0 amide bonds. The second kappa shape index (κ2) is 7.85. The van der Waals surface area contributed by atoms with Crippen LogP contribution in [0.5, 0.6) is 0 Å². The maximum atomic E-state index is 5.17. The van der Waals surface area contributed by atoms with Crippen LogP contribution >= 0.6 is 0 Å². The van der Waals surface area contributed by atoms with Crippen molar-refractivity contribution in [2.75, 3.05) is 33.4 Å². The van der Waals surface area contributed by atoms with Gasteiger partial charge in [-0.15, -0.1) is 0 Å². The molecule has 0 bridgehead atoms. The fraction of sp³-hybridized carbons (Fsp3) is 0.857. The lowest BCUT2D eigenvalue weighted by Gasteiger charge is -2.29. The van der Waals surface area contributed by atoms with Gasteiger partial charge in [0, 0.05) is 38.8 Å². The minimum atomic E-state index is 0.600. The van der Waals surface area contributed by atoms with Crippen LogP contribution in [0, 0.1) is 0 Å². The van der Waals surface area contributed by atoms with E-state index in [1.807, 2.05) is 0 Å². The van der Waals surface area contributed by atoms with Gasteiger partial charge in [0.1, 0.15) is 0 Å². The van der Waals surface area contributed by atoms with Crippen molar-refractivity contribution in [2.24, 2.45) is 0 Å². The van der Waals surface area contributed by atoms with Crippen molar-refractivity contribution in [3.8, 4) is 0 Å². The van der Waals surface area contributed by atoms with Crippen LogP contribution in [0.1, 0.15) is 33.1 Å². The second-order valence-electron chi connectivity index (χ2n) is 5.13. The first kappa shape index (κ1) is 14.7. The zero-order valence-electron chi connectivity index (χ0n) is 11.7. The Hall–Kier alpha value is -0.380. The van der Waals surface area contributed by atoms with Gasteiger partial charge in [-0.2, -0.15) is 0 Å². The van der Waals surface area contributed by atoms with E-state index in [1.54, 1.807) is 7.11 Å². The van der Waals surface area contributed by atoms with Gasteiger partial charge < -0.3 is 10.1 Å². The number of rotatable bonds is 10. The molecule has 1 atom stereocenters. The summed E-state index contributed by atoms with van der Waals surface area (Å²) in [6.07, 6.45) is 3.85. The molecule has 1 N–H and O–H groups in total. The van der Waals surface area contributed by atoms with E-state index in [2.05, 4.69) is 30.6 Å². The van der Waals surface area contributed by atoms with Gasteiger partial charge in [-0.1, -0.05) is 13.5 Å². The van der Waals surface area contributed by atoms with Gasteiger partial charge in [0.05, 0.1) is 6.61 Å². The summed E-state index contributed by atoms with van der Waals surface area (Å²) < 4.78 is 5.17. The van der Waals surface area contributed by atoms with Crippen LogP contribution in [0.15, 0.2) is 12.2 Å². The number of nitrogens with one attached hydrogen (secondary N) is 1. The maximum absolute atomic E-state index is 5.17. The van der Waals surface area contributed by atoms with Crippen molar-refractivity contribution in [3.63, 3.8) is 0 Å². The van der Waals surface area contributed by atoms with Crippen molar-refractivity contribution in [3.05, 3.63) is 12.2 Å². The number of ether oxygens (including phenoxy) is 1. The number of hydrogen-bond donors (Lipinski definition) is 1. The minimum absolute atomic E-state index is 0.600. The Labute approximate surface area is 106 Å². The van der Waals surface area contributed by atoms with E-state index in [4.69, 9.17) is 4.74 Å². The van der Waals surface area contributed by atoms with Gasteiger partial charge in [0.25, 0.3) is 0 Å². The normalized spacial score (nSPS) is 17.4. The zero-order chi connectivity index (χ0) is 12.7. The lowest BCUT2D eigenvalue weighted by atomic mass is 10.2. The van der Waals surface area contributed by atoms with E-state index in [0.717, 1.165) is 32.3 Å². The highest BCUT2D eigenvalue weighted by Crippen LogP contribution is 2.18. The Morgan fingerprint density at radius 3 is 2.76 bits per heavy atom. The van der Waals surface area contributed by atoms with Gasteiger partial charge in [0.15, 0.2) is 0 Å². The third kappa shape index (κ3) is 6.20. The molecule has 1 fully saturated rings. The largest absolute Gasteiger partial charge is 0.383 e. The quantitative estimate of drug-likeness (QED) is 0.591. The van der Waals surface area contributed by atoms with Crippen molar-refractivity contribution < 1.29 is 4.74 Å². The number of hydrogen-bond acceptors (Lipinski definition) is 3. The molecule has 1 aliphatic carbocycles. The van der Waals surface area contributed by atoms with Gasteiger partial charge in [0.2, 0.25) is 0 Å². The highest BCUT2D eigenvalue weighted by Gasteiger charge is 2.20. The molecule has 0 heterocycles. The lowest BCUT2D eigenvalue weighted by molar-refractivity contribution is 0.129. The van der Waals surface area contributed by atoms with Crippen molar-refractivity contribution in [1.29, 1.82) is 0 Å². The highest BCUT2D eigenvalue weighted by atomic mass is 16.5. The van der Waals surface area contributed by atoms with Gasteiger partial charge in [-0.05, 0) is 31.8 Å². The van der Waals surface area contributed by atoms with Crippen LogP contribution in [0.4, 0.5) is 0 Å². The Kier molecular flexibility index (Phi) is 6.78. The third-order valence-corrected chi connectivity index (χ3v) is 3.44. The first-order valence-electron chi connectivity index (χ1n) is 6.80. The molecule has 1 saturated carbocycles. The average molecular weight is 240 g/mol. The molecule has 1 unspecified atom stereocenters. The summed E-state index contributed by atoms with van der Waals surface area (Å²) in [7, 11) is 1.76. The first-order chi connectivity index (χ1) is 8.17. The van der Waals surface area contributed by atoms with E-state index in [1.165, 1.54) is 24.8 Å². The van der Waals surface area contributed by atoms with Crippen molar-refractivity contribution in [1.82, 2.24) is 10.2 Å². The summed E-state index contributed by atoms with van der Waals surface area (Å²) in [4.78, 5) is 2.46. The molecule has 1 aliphatic rings. The predicted molar refractivity (Wildman–Crippen MR) is 73.4 cm³/mol. The van der Waals surface area contributed by atoms with Crippen LogP contribution in [-0.4, -0.2) is 50.3 Å². The Bertz CT molecular complexity index is 226. The molecule has 0 saturated heterocycles. The fourth-order valence-corrected chi connectivity index (χ4v) is 1.84. The van der Waals surface area contributed by atoms with Gasteiger partial charge >= 0.3 is 0 Å². The predicted octanol–water partition coefficient (Wildman–Crippen LogP) is 2.04. The molecule has 100 valence electrons. The molecule has 17 heavy (non-hydrogen) atoms. The van der Waals surface area contributed by atoms with E-state index in [-0.39, 0.29) is 0 Å². The van der Waals surface area contributed by atoms with Crippen LogP contribution in [0.2, 0.25) is 0 Å². The summed E-state index contributed by atoms with van der Waals surface area (Å²) in [6, 6.07) is 1.37. The zero-order valence-corrected chi connectivity index (χ0v) is 11.7. The third-order valence-electron chi connectivity index (χ3n) is 3.44. The van der Waals surface area contributed by atoms with Crippen LogP contribution in [-0.2, 0) is 4.74 Å². The second-order valence-corrected chi connectivity index (χ2v) is 5.13. The molecule has 3 nitrogen and oxygen atoms in total. The SMILES string of the molecule is C=C(CNC1CC1)CN(CCOC)C(C)CC. The Balaban J connectivity index is 2.26. The summed E-state index contributed by atoms with van der Waals surface area (Å²) in [5.74, 6) is 0. The monoisotopic (exact) mass is 240 g/mol. The minimum Gasteiger partial charge on any atom is -0.383 e. The van der Waals surface area contributed by atoms with Gasteiger partial charge in [-0.3, -0.25) is 4.90 Å². The van der Waals surface area contributed by atoms with Crippen LogP contribution < -0.4 is 5.32 Å². The molecular weight excluding hydrogens is 212 g/mol. The van der Waals surface area contributed by atoms with Crippen LogP contribution in [0.3, 0.4) is 0 Å². The molecule has 0 spiro atoms. The molecular formula is C14H28N2O. The van der Waals surface area contributed by atoms with Crippen molar-refractivity contribution in [2.45, 2.75) is 45.2 Å². The molecule has 1 rings (SSSR count). The van der Waals surface area contributed by atoms with E-state index >= 15 is 0 Å². The standard InChI is InChI=1S/C14H28N2O/c1-5-13(3)16(8-9-17-4)11-12(2)10-15-14-6-7-14/h13-15H,2,5-11H2,1,3-4H3. The topological polar surface area (TPSA) is 24.5 Å². The smallest absolute Gasteiger partial charge is 0.0589 e. The summed E-state index contributed by atoms with van der Waals surface area (Å²) in [6.45, 7) is 12.4. The highest BCUT2D eigenvalue weighted by molar-refractivity contribution is 5.02. The molecule has 0 aromatic rings. The molecule has 0 aromatic heterocycles. The number of nitrogens with zero attached hydrogens (tertiary/aromatic N) is 1. The summed E-state index contributed by atoms with van der Waals surface area (Å²) in [5.41, 5.74) is 1.29. The van der Waals surface area contributed by atoms with E-state index < -0.39 is 0 Å². The summed E-state index contributed by atoms with van der Waals surface area (Å²) in [5, 5.41) is 3.52.